The summed E-state index contributed by atoms with van der Waals surface area (Å²) in [6.45, 7) is 2.18. The summed E-state index contributed by atoms with van der Waals surface area (Å²) < 4.78 is 49.1. The molecule has 1 fully saturated rings. The minimum atomic E-state index is -3.56. The number of anilines is 1. The summed E-state index contributed by atoms with van der Waals surface area (Å²) >= 11 is 5.89. The fraction of sp³-hybridized carbons (Fsp3) is 0.381. The number of aromatic nitrogens is 1. The normalized spacial score (nSPS) is 29.3. The zero-order valence-corrected chi connectivity index (χ0v) is 19.0. The molecule has 2 aliphatic heterocycles. The zero-order valence-electron chi connectivity index (χ0n) is 17.4. The second-order valence-corrected chi connectivity index (χ2v) is 11.3. The lowest BCUT2D eigenvalue weighted by molar-refractivity contribution is 0.102. The number of benzene rings is 1. The lowest BCUT2D eigenvalue weighted by Gasteiger charge is -2.54. The lowest BCUT2D eigenvalue weighted by atomic mass is 9.86. The maximum absolute atomic E-state index is 15.0. The van der Waals surface area contributed by atoms with Crippen LogP contribution in [0, 0.1) is 12.7 Å². The number of aliphatic imine (C=N–C) groups is 1. The highest BCUT2D eigenvalue weighted by Crippen LogP contribution is 2.71. The van der Waals surface area contributed by atoms with Gasteiger partial charge in [-0.1, -0.05) is 11.6 Å². The average Bonchev–Trinajstić information content (AvgIpc) is 2.92. The first-order valence-corrected chi connectivity index (χ1v) is 11.9. The van der Waals surface area contributed by atoms with Gasteiger partial charge < -0.3 is 11.1 Å². The third-order valence-corrected chi connectivity index (χ3v) is 9.84. The highest BCUT2D eigenvalue weighted by Gasteiger charge is 2.65. The Morgan fingerprint density at radius 3 is 2.78 bits per heavy atom. The number of nitrogens with zero attached hydrogens (tertiary/aromatic N) is 2. The molecule has 2 aliphatic rings. The van der Waals surface area contributed by atoms with Gasteiger partial charge in [0.2, 0.25) is 0 Å². The second kappa shape index (κ2) is 7.65. The molecule has 3 heterocycles. The number of amides is 1. The second-order valence-electron chi connectivity index (χ2n) is 8.36. The van der Waals surface area contributed by atoms with E-state index < -0.39 is 44.5 Å². The van der Waals surface area contributed by atoms with E-state index in [1.165, 1.54) is 18.3 Å². The van der Waals surface area contributed by atoms with Crippen molar-refractivity contribution in [1.82, 2.24) is 4.98 Å². The smallest absolute Gasteiger partial charge is 0.274 e. The molecule has 172 valence electrons. The number of carbonyl (C=O) groups excluding carboxylic acids is 1. The molecular weight excluding hydrogens is 462 g/mol. The Bertz CT molecular complexity index is 1150. The summed E-state index contributed by atoms with van der Waals surface area (Å²) in [6.07, 6.45) is 1.68. The number of halogens is 3. The van der Waals surface area contributed by atoms with Gasteiger partial charge in [-0.15, -0.1) is 0 Å². The molecule has 2 bridgehead atoms. The van der Waals surface area contributed by atoms with Crippen molar-refractivity contribution in [3.8, 4) is 0 Å². The Kier molecular flexibility index (Phi) is 5.48. The molecule has 1 amide bonds. The van der Waals surface area contributed by atoms with Gasteiger partial charge in [0.05, 0.1) is 10.3 Å². The molecule has 3 atom stereocenters. The number of nitrogens with one attached hydrogen (secondary N) is 1. The Hall–Kier alpha value is -2.27. The molecule has 1 aromatic carbocycles. The van der Waals surface area contributed by atoms with E-state index in [9.17, 15) is 22.7 Å². The topological polar surface area (TPSA) is 121 Å². The number of hydrogen-bond acceptors (Lipinski definition) is 6. The molecule has 11 heteroatoms. The van der Waals surface area contributed by atoms with Crippen molar-refractivity contribution < 1.29 is 22.7 Å². The van der Waals surface area contributed by atoms with Crippen LogP contribution in [0.3, 0.4) is 0 Å². The lowest BCUT2D eigenvalue weighted by Crippen LogP contribution is -2.55. The number of pyridine rings is 1. The van der Waals surface area contributed by atoms with Crippen LogP contribution in [0.4, 0.5) is 14.5 Å². The van der Waals surface area contributed by atoms with E-state index >= 15 is 0 Å². The van der Waals surface area contributed by atoms with Crippen molar-refractivity contribution in [2.45, 2.75) is 42.2 Å². The van der Waals surface area contributed by atoms with Gasteiger partial charge >= 0.3 is 0 Å². The zero-order chi connectivity index (χ0) is 23.5. The fourth-order valence-corrected chi connectivity index (χ4v) is 7.62. The van der Waals surface area contributed by atoms with Crippen LogP contribution >= 0.6 is 22.2 Å². The van der Waals surface area contributed by atoms with Gasteiger partial charge in [0.15, 0.2) is 0 Å². The predicted octanol–water partition coefficient (Wildman–Crippen LogP) is 4.64. The van der Waals surface area contributed by atoms with Crippen molar-refractivity contribution >= 4 is 39.6 Å². The number of fused-ring (bicyclic) bond motifs is 2. The monoisotopic (exact) mass is 484 g/mol. The summed E-state index contributed by atoms with van der Waals surface area (Å²) in [5.74, 6) is -1.40. The SMILES string of the molecule is Cc1cc(Cl)cnc1C(=O)Nc1ccc(F)c([C@@]2(C)N=C(N)[C@@]3(CF)CC[C@@H]2S3(O)O)c1. The van der Waals surface area contributed by atoms with Gasteiger partial charge in [0, 0.05) is 17.4 Å². The van der Waals surface area contributed by atoms with E-state index in [4.69, 9.17) is 17.3 Å². The number of rotatable bonds is 4. The van der Waals surface area contributed by atoms with Crippen LogP contribution in [0.2, 0.25) is 5.02 Å². The van der Waals surface area contributed by atoms with Crippen molar-refractivity contribution in [2.75, 3.05) is 12.0 Å². The van der Waals surface area contributed by atoms with Gasteiger partial charge in [0.25, 0.3) is 5.91 Å². The number of hydrogen-bond donors (Lipinski definition) is 4. The Balaban J connectivity index is 1.73. The van der Waals surface area contributed by atoms with E-state index in [0.717, 1.165) is 6.07 Å². The Morgan fingerprint density at radius 2 is 2.12 bits per heavy atom. The molecule has 32 heavy (non-hydrogen) atoms. The Morgan fingerprint density at radius 1 is 1.41 bits per heavy atom. The molecule has 0 unspecified atom stereocenters. The maximum Gasteiger partial charge on any atom is 0.274 e. The number of amidine groups is 1. The fourth-order valence-electron chi connectivity index (χ4n) is 4.67. The number of nitrogens with two attached hydrogens (primary N) is 1. The molecule has 4 rings (SSSR count). The van der Waals surface area contributed by atoms with Crippen LogP contribution in [-0.2, 0) is 5.54 Å². The van der Waals surface area contributed by atoms with Crippen LogP contribution in [0.25, 0.3) is 0 Å². The van der Waals surface area contributed by atoms with E-state index in [1.54, 1.807) is 19.9 Å². The van der Waals surface area contributed by atoms with Gasteiger partial charge in [-0.05, 0) is 56.5 Å². The van der Waals surface area contributed by atoms with Crippen molar-refractivity contribution in [2.24, 2.45) is 10.7 Å². The standard InChI is InChI=1S/C21H23ClF2N4O3S/c1-11-7-12(22)9-26-17(11)18(29)27-13-3-4-15(24)14(8-13)20(2)16-5-6-21(10-23,19(25)28-20)32(16,30)31/h3-4,7-9,16,30-31H,5-6,10H2,1-2H3,(H2,25,28)(H,27,29)/t16-,20+,21-/m0/s1. The van der Waals surface area contributed by atoms with Crippen LogP contribution in [0.5, 0.6) is 0 Å². The molecule has 5 N–H and O–H groups in total. The summed E-state index contributed by atoms with van der Waals surface area (Å²) in [5.41, 5.74) is 5.58. The van der Waals surface area contributed by atoms with E-state index in [-0.39, 0.29) is 35.6 Å². The molecule has 0 saturated carbocycles. The molecular formula is C21H23ClF2N4O3S. The van der Waals surface area contributed by atoms with Gasteiger partial charge in [-0.25, -0.2) is 13.8 Å². The van der Waals surface area contributed by atoms with E-state index in [0.29, 0.717) is 10.6 Å². The highest BCUT2D eigenvalue weighted by molar-refractivity contribution is 8.26. The first-order chi connectivity index (χ1) is 15.0. The number of aryl methyl sites for hydroxylation is 1. The third kappa shape index (κ3) is 3.20. The maximum atomic E-state index is 15.0. The summed E-state index contributed by atoms with van der Waals surface area (Å²) in [4.78, 5) is 21.1. The Labute approximate surface area is 190 Å². The molecule has 0 radical (unpaired) electrons. The number of alkyl halides is 1. The quantitative estimate of drug-likeness (QED) is 0.503. The largest absolute Gasteiger partial charge is 0.386 e. The summed E-state index contributed by atoms with van der Waals surface area (Å²) in [6, 6.07) is 5.51. The third-order valence-electron chi connectivity index (χ3n) is 6.47. The molecule has 2 aromatic rings. The molecule has 0 spiro atoms. The van der Waals surface area contributed by atoms with E-state index in [2.05, 4.69) is 15.3 Å². The van der Waals surface area contributed by atoms with E-state index in [1.807, 2.05) is 0 Å². The highest BCUT2D eigenvalue weighted by atomic mass is 35.5. The molecule has 0 aliphatic carbocycles. The van der Waals surface area contributed by atoms with Crippen molar-refractivity contribution in [1.29, 1.82) is 0 Å². The van der Waals surface area contributed by atoms with Gasteiger partial charge in [0.1, 0.15) is 34.3 Å². The van der Waals surface area contributed by atoms with Crippen molar-refractivity contribution in [3.63, 3.8) is 0 Å². The van der Waals surface area contributed by atoms with Crippen molar-refractivity contribution in [3.05, 3.63) is 58.1 Å². The van der Waals surface area contributed by atoms with Crippen LogP contribution < -0.4 is 11.1 Å². The minimum Gasteiger partial charge on any atom is -0.386 e. The first-order valence-electron chi connectivity index (χ1n) is 9.88. The summed E-state index contributed by atoms with van der Waals surface area (Å²) in [7, 11) is -3.56. The minimum absolute atomic E-state index is 0.0263. The van der Waals surface area contributed by atoms with Gasteiger partial charge in [-0.2, -0.15) is 10.6 Å². The van der Waals surface area contributed by atoms with Gasteiger partial charge in [-0.3, -0.25) is 18.9 Å². The first kappa shape index (κ1) is 22.9. The average molecular weight is 485 g/mol. The number of carbonyl (C=O) groups is 1. The molecule has 1 saturated heterocycles. The van der Waals surface area contributed by atoms with Crippen LogP contribution in [0.15, 0.2) is 35.5 Å². The molecule has 7 nitrogen and oxygen atoms in total. The summed E-state index contributed by atoms with van der Waals surface area (Å²) in [5, 5.41) is 2.14. The predicted molar refractivity (Wildman–Crippen MR) is 122 cm³/mol. The van der Waals surface area contributed by atoms with Crippen LogP contribution in [0.1, 0.15) is 41.4 Å². The van der Waals surface area contributed by atoms with Crippen LogP contribution in [-0.4, -0.2) is 42.5 Å². The molecule has 1 aromatic heterocycles.